The molecule has 3 aliphatic heterocycles. The first kappa shape index (κ1) is 16.8. The molecule has 0 aromatic rings. The van der Waals surface area contributed by atoms with Gasteiger partial charge in [0.2, 0.25) is 11.6 Å². The summed E-state index contributed by atoms with van der Waals surface area (Å²) in [5.74, 6) is -1.40. The van der Waals surface area contributed by atoms with Gasteiger partial charge in [0, 0.05) is 30.8 Å². The van der Waals surface area contributed by atoms with Gasteiger partial charge in [0.1, 0.15) is 6.61 Å². The number of primary amides is 1. The van der Waals surface area contributed by atoms with Gasteiger partial charge in [0.05, 0.1) is 23.4 Å². The third kappa shape index (κ3) is 1.89. The van der Waals surface area contributed by atoms with Gasteiger partial charge >= 0.3 is 6.09 Å². The van der Waals surface area contributed by atoms with Crippen LogP contribution in [0, 0.1) is 5.92 Å². The molecule has 0 radical (unpaired) electrons. The summed E-state index contributed by atoms with van der Waals surface area (Å²) in [6, 6.07) is 0.0679. The van der Waals surface area contributed by atoms with Crippen molar-refractivity contribution in [3.63, 3.8) is 0 Å². The van der Waals surface area contributed by atoms with E-state index in [9.17, 15) is 14.4 Å². The van der Waals surface area contributed by atoms with E-state index in [0.29, 0.717) is 6.54 Å². The number of amides is 1. The summed E-state index contributed by atoms with van der Waals surface area (Å²) in [5, 5.41) is 3.29. The number of hydrogen-bond donors (Lipinski definition) is 3. The zero-order chi connectivity index (χ0) is 18.8. The van der Waals surface area contributed by atoms with Gasteiger partial charge in [-0.05, 0) is 6.42 Å². The molecular weight excluding hydrogens is 340 g/mol. The van der Waals surface area contributed by atoms with Crippen LogP contribution in [0.1, 0.15) is 6.42 Å². The largest absolute Gasteiger partial charge is 0.449 e. The molecule has 138 valence electrons. The Morgan fingerprint density at radius 3 is 2.81 bits per heavy atom. The summed E-state index contributed by atoms with van der Waals surface area (Å²) < 4.78 is 10.8. The minimum atomic E-state index is -0.986. The highest BCUT2D eigenvalue weighted by Gasteiger charge is 2.72. The maximum atomic E-state index is 13.1. The first-order chi connectivity index (χ1) is 12.4. The van der Waals surface area contributed by atoms with Crippen molar-refractivity contribution in [1.29, 1.82) is 0 Å². The number of carbonyl (C=O) groups excluding carboxylic acids is 3. The molecule has 4 atom stereocenters. The summed E-state index contributed by atoms with van der Waals surface area (Å²) in [4.78, 5) is 39.1. The van der Waals surface area contributed by atoms with Crippen molar-refractivity contribution in [3.8, 4) is 0 Å². The van der Waals surface area contributed by atoms with Crippen molar-refractivity contribution in [1.82, 2.24) is 10.2 Å². The fourth-order valence-corrected chi connectivity index (χ4v) is 4.59. The molecule has 9 heteroatoms. The van der Waals surface area contributed by atoms with Gasteiger partial charge in [-0.1, -0.05) is 6.08 Å². The van der Waals surface area contributed by atoms with Crippen molar-refractivity contribution in [2.24, 2.45) is 17.4 Å². The topological polar surface area (TPSA) is 147 Å². The summed E-state index contributed by atoms with van der Waals surface area (Å²) in [6.07, 6.45) is 0.781. The maximum Gasteiger partial charge on any atom is 0.404 e. The van der Waals surface area contributed by atoms with Gasteiger partial charge < -0.3 is 31.2 Å². The van der Waals surface area contributed by atoms with Gasteiger partial charge in [-0.25, -0.2) is 4.79 Å². The molecule has 1 amide bonds. The molecule has 4 rings (SSSR count). The molecule has 2 fully saturated rings. The molecule has 26 heavy (non-hydrogen) atoms. The van der Waals surface area contributed by atoms with Gasteiger partial charge in [-0.15, -0.1) is 6.58 Å². The average molecular weight is 360 g/mol. The molecule has 0 bridgehead atoms. The van der Waals surface area contributed by atoms with E-state index in [1.165, 1.54) is 13.2 Å². The number of Topliss-reactive ketones (excluding diaryl/α,β-unsaturated/α-hetero) is 2. The molecule has 0 aromatic carbocycles. The van der Waals surface area contributed by atoms with Crippen molar-refractivity contribution >= 4 is 17.7 Å². The van der Waals surface area contributed by atoms with Crippen LogP contribution in [-0.2, 0) is 19.1 Å². The van der Waals surface area contributed by atoms with Crippen LogP contribution in [0.2, 0.25) is 0 Å². The molecule has 1 aliphatic carbocycles. The van der Waals surface area contributed by atoms with Crippen LogP contribution in [0.15, 0.2) is 35.2 Å². The van der Waals surface area contributed by atoms with E-state index in [-0.39, 0.29) is 53.4 Å². The predicted molar refractivity (Wildman–Crippen MR) is 89.3 cm³/mol. The number of allylic oxidation sites excluding steroid dienone is 3. The molecule has 0 aromatic heterocycles. The monoisotopic (exact) mass is 360 g/mol. The zero-order valence-corrected chi connectivity index (χ0v) is 14.3. The number of hydrogen-bond acceptors (Lipinski definition) is 8. The lowest BCUT2D eigenvalue weighted by Crippen LogP contribution is -2.55. The summed E-state index contributed by atoms with van der Waals surface area (Å²) in [6.45, 7) is 3.97. The van der Waals surface area contributed by atoms with Crippen molar-refractivity contribution < 1.29 is 23.9 Å². The lowest BCUT2D eigenvalue weighted by Gasteiger charge is -2.39. The predicted octanol–water partition coefficient (Wildman–Crippen LogP) is -1.09. The number of carbonyl (C=O) groups is 3. The van der Waals surface area contributed by atoms with Crippen molar-refractivity contribution in [3.05, 3.63) is 35.2 Å². The van der Waals surface area contributed by atoms with Crippen LogP contribution in [0.25, 0.3) is 0 Å². The molecule has 0 unspecified atom stereocenters. The lowest BCUT2D eigenvalue weighted by atomic mass is 9.82. The number of nitrogens with two attached hydrogens (primary N) is 2. The molecular formula is C17H20N4O5. The first-order valence-electron chi connectivity index (χ1n) is 8.32. The Hall–Kier alpha value is -2.65. The summed E-state index contributed by atoms with van der Waals surface area (Å²) in [7, 11) is 1.52. The SMILES string of the molecule is C=CCC1=C(N)C(=O)C2=C(C1=O)N1C[C@@H]3N[C@@H]3[C@]1(OC)[C@@H]2COC(N)=O. The quantitative estimate of drug-likeness (QED) is 0.318. The third-order valence-corrected chi connectivity index (χ3v) is 5.68. The number of ketones is 2. The van der Waals surface area contributed by atoms with Crippen LogP contribution in [0.4, 0.5) is 4.79 Å². The fraction of sp³-hybridized carbons (Fsp3) is 0.471. The number of rotatable bonds is 5. The second kappa shape index (κ2) is 5.42. The molecule has 5 N–H and O–H groups in total. The number of piperazine rings is 1. The number of ether oxygens (including phenoxy) is 2. The second-order valence-corrected chi connectivity index (χ2v) is 6.81. The summed E-state index contributed by atoms with van der Waals surface area (Å²) >= 11 is 0. The summed E-state index contributed by atoms with van der Waals surface area (Å²) in [5.41, 5.74) is 10.8. The fourth-order valence-electron chi connectivity index (χ4n) is 4.59. The lowest BCUT2D eigenvalue weighted by molar-refractivity contribution is -0.137. The molecule has 2 saturated heterocycles. The highest BCUT2D eigenvalue weighted by atomic mass is 16.6. The van der Waals surface area contributed by atoms with Gasteiger partial charge in [0.25, 0.3) is 0 Å². The normalized spacial score (nSPS) is 34.7. The zero-order valence-electron chi connectivity index (χ0n) is 14.3. The van der Waals surface area contributed by atoms with Crippen LogP contribution in [0.5, 0.6) is 0 Å². The van der Waals surface area contributed by atoms with Crippen LogP contribution >= 0.6 is 0 Å². The molecule has 9 nitrogen and oxygen atoms in total. The van der Waals surface area contributed by atoms with E-state index >= 15 is 0 Å². The number of nitrogens with one attached hydrogen (secondary N) is 1. The van der Waals surface area contributed by atoms with E-state index in [2.05, 4.69) is 11.9 Å². The Morgan fingerprint density at radius 2 is 2.19 bits per heavy atom. The molecule has 0 saturated carbocycles. The van der Waals surface area contributed by atoms with E-state index in [1.807, 2.05) is 4.90 Å². The van der Waals surface area contributed by atoms with Crippen LogP contribution in [-0.4, -0.2) is 60.6 Å². The third-order valence-electron chi connectivity index (χ3n) is 5.68. The van der Waals surface area contributed by atoms with Gasteiger partial charge in [-0.3, -0.25) is 9.59 Å². The Balaban J connectivity index is 1.83. The van der Waals surface area contributed by atoms with E-state index < -0.39 is 23.5 Å². The van der Waals surface area contributed by atoms with Crippen molar-refractivity contribution in [2.45, 2.75) is 24.2 Å². The van der Waals surface area contributed by atoms with E-state index in [1.54, 1.807) is 0 Å². The van der Waals surface area contributed by atoms with Gasteiger partial charge in [-0.2, -0.15) is 0 Å². The van der Waals surface area contributed by atoms with Gasteiger partial charge in [0.15, 0.2) is 5.72 Å². The minimum absolute atomic E-state index is 0.0794. The van der Waals surface area contributed by atoms with Crippen LogP contribution < -0.4 is 16.8 Å². The molecule has 4 aliphatic rings. The number of nitrogens with zero attached hydrogens (tertiary/aromatic N) is 1. The number of methoxy groups -OCH3 is 1. The minimum Gasteiger partial charge on any atom is -0.449 e. The van der Waals surface area contributed by atoms with Crippen LogP contribution in [0.3, 0.4) is 0 Å². The smallest absolute Gasteiger partial charge is 0.404 e. The van der Waals surface area contributed by atoms with E-state index in [0.717, 1.165) is 0 Å². The Morgan fingerprint density at radius 1 is 1.46 bits per heavy atom. The second-order valence-electron chi connectivity index (χ2n) is 6.81. The molecule has 0 spiro atoms. The highest BCUT2D eigenvalue weighted by Crippen LogP contribution is 2.55. The Kier molecular flexibility index (Phi) is 3.50. The maximum absolute atomic E-state index is 13.1. The Bertz CT molecular complexity index is 816. The molecule has 3 heterocycles. The Labute approximate surface area is 149 Å². The van der Waals surface area contributed by atoms with E-state index in [4.69, 9.17) is 20.9 Å². The first-order valence-corrected chi connectivity index (χ1v) is 8.32. The highest BCUT2D eigenvalue weighted by molar-refractivity contribution is 6.25. The number of fused-ring (bicyclic) bond motifs is 4. The standard InChI is InChI=1S/C17H20N4O5/c1-3-4-7-11(18)14(23)10-8(6-26-16(19)24)17(25-2)15-9(20-15)5-21(17)12(10)13(7)22/h3,8-9,15,20H,1,4-6,18H2,2H3,(H2,19,24)/t8-,9+,15+,17-/m1/s1. The average Bonchev–Trinajstić information content (AvgIpc) is 3.21. The van der Waals surface area contributed by atoms with Crippen molar-refractivity contribution in [2.75, 3.05) is 20.3 Å².